The van der Waals surface area contributed by atoms with E-state index >= 15 is 0 Å². The second-order valence-corrected chi connectivity index (χ2v) is 10.0. The fourth-order valence-corrected chi connectivity index (χ4v) is 4.72. The Bertz CT molecular complexity index is 1080. The molecule has 0 amide bonds. The number of aryl methyl sites for hydroxylation is 2. The predicted octanol–water partition coefficient (Wildman–Crippen LogP) is 3.23. The van der Waals surface area contributed by atoms with Gasteiger partial charge in [0, 0.05) is 27.2 Å². The molecule has 0 radical (unpaired) electrons. The Labute approximate surface area is 194 Å². The van der Waals surface area contributed by atoms with Crippen LogP contribution in [0.1, 0.15) is 43.8 Å². The fraction of sp³-hybridized carbons (Fsp3) is 0.333. The third-order valence-electron chi connectivity index (χ3n) is 5.01. The van der Waals surface area contributed by atoms with E-state index in [0.717, 1.165) is 5.56 Å². The van der Waals surface area contributed by atoms with Crippen LogP contribution in [0.5, 0.6) is 0 Å². The fourth-order valence-electron chi connectivity index (χ4n) is 3.45. The largest absolute Gasteiger partial charge is 0.478 e. The molecular formula is C24H30N2O6S. The molecule has 0 aromatic heterocycles. The summed E-state index contributed by atoms with van der Waals surface area (Å²) in [5.41, 5.74) is 1.08. The summed E-state index contributed by atoms with van der Waals surface area (Å²) in [6.45, 7) is 1.39. The molecule has 2 aromatic carbocycles. The van der Waals surface area contributed by atoms with E-state index in [9.17, 15) is 28.2 Å². The van der Waals surface area contributed by atoms with E-state index in [2.05, 4.69) is 0 Å². The van der Waals surface area contributed by atoms with Crippen molar-refractivity contribution in [3.63, 3.8) is 0 Å². The Balaban J connectivity index is 2.41. The average molecular weight is 475 g/mol. The zero-order valence-corrected chi connectivity index (χ0v) is 19.9. The predicted molar refractivity (Wildman–Crippen MR) is 127 cm³/mol. The van der Waals surface area contributed by atoms with E-state index in [0.29, 0.717) is 18.4 Å². The second-order valence-electron chi connectivity index (χ2n) is 8.00. The molecule has 0 unspecified atom stereocenters. The van der Waals surface area contributed by atoms with Crippen LogP contribution in [-0.2, 0) is 23.0 Å². The van der Waals surface area contributed by atoms with Gasteiger partial charge in [0.1, 0.15) is 0 Å². The van der Waals surface area contributed by atoms with Crippen molar-refractivity contribution in [1.82, 2.24) is 9.21 Å². The van der Waals surface area contributed by atoms with Crippen LogP contribution in [0.2, 0.25) is 0 Å². The summed E-state index contributed by atoms with van der Waals surface area (Å²) in [7, 11) is -0.293. The van der Waals surface area contributed by atoms with Crippen molar-refractivity contribution >= 4 is 22.0 Å². The number of sulfonamides is 1. The maximum absolute atomic E-state index is 13.1. The van der Waals surface area contributed by atoms with E-state index in [1.165, 1.54) is 22.5 Å². The summed E-state index contributed by atoms with van der Waals surface area (Å²) in [6, 6.07) is 12.3. The van der Waals surface area contributed by atoms with Gasteiger partial charge >= 0.3 is 11.9 Å². The Morgan fingerprint density at radius 1 is 1.00 bits per heavy atom. The quantitative estimate of drug-likeness (QED) is 0.485. The molecule has 8 nitrogen and oxygen atoms in total. The van der Waals surface area contributed by atoms with Crippen molar-refractivity contribution in [3.8, 4) is 0 Å². The first-order valence-electron chi connectivity index (χ1n) is 10.5. The molecular weight excluding hydrogens is 444 g/mol. The van der Waals surface area contributed by atoms with Crippen LogP contribution in [0.4, 0.5) is 0 Å². The van der Waals surface area contributed by atoms with Crippen LogP contribution >= 0.6 is 0 Å². The molecule has 9 heteroatoms. The molecule has 178 valence electrons. The van der Waals surface area contributed by atoms with Crippen molar-refractivity contribution < 1.29 is 28.2 Å². The molecule has 0 saturated carbocycles. The number of hydrogen-bond donors (Lipinski definition) is 2. The summed E-state index contributed by atoms with van der Waals surface area (Å²) in [6.07, 6.45) is 4.25. The normalized spacial score (nSPS) is 11.8. The van der Waals surface area contributed by atoms with Crippen LogP contribution in [0.15, 0.2) is 54.7 Å². The zero-order valence-electron chi connectivity index (χ0n) is 19.1. The monoisotopic (exact) mass is 474 g/mol. The molecule has 2 N–H and O–H groups in total. The van der Waals surface area contributed by atoms with E-state index in [1.807, 2.05) is 30.3 Å². The van der Waals surface area contributed by atoms with Crippen LogP contribution < -0.4 is 0 Å². The molecule has 0 heterocycles. The summed E-state index contributed by atoms with van der Waals surface area (Å²) < 4.78 is 27.5. The van der Waals surface area contributed by atoms with Crippen molar-refractivity contribution in [2.24, 2.45) is 0 Å². The van der Waals surface area contributed by atoms with Crippen molar-refractivity contribution in [2.75, 3.05) is 26.4 Å². The summed E-state index contributed by atoms with van der Waals surface area (Å²) in [5.74, 6) is -2.89. The maximum Gasteiger partial charge on any atom is 0.336 e. The van der Waals surface area contributed by atoms with Crippen LogP contribution in [0.25, 0.3) is 0 Å². The van der Waals surface area contributed by atoms with E-state index in [4.69, 9.17) is 0 Å². The highest BCUT2D eigenvalue weighted by Gasteiger charge is 2.27. The van der Waals surface area contributed by atoms with Gasteiger partial charge in [-0.2, -0.15) is 4.31 Å². The van der Waals surface area contributed by atoms with E-state index < -0.39 is 22.0 Å². The lowest BCUT2D eigenvalue weighted by atomic mass is 9.97. The molecule has 33 heavy (non-hydrogen) atoms. The molecule has 0 fully saturated rings. The topological polar surface area (TPSA) is 115 Å². The third kappa shape index (κ3) is 7.73. The minimum atomic E-state index is -3.83. The molecule has 0 saturated heterocycles. The number of carboxylic acid groups (broad SMARTS) is 2. The van der Waals surface area contributed by atoms with Crippen molar-refractivity contribution in [3.05, 3.63) is 82.6 Å². The SMILES string of the molecule is Cc1cc(C(=O)O)c(CN(CCCc2ccccc2)S(=O)(=O)CC=CN(C)C)c(C(=O)O)c1. The Morgan fingerprint density at radius 2 is 1.58 bits per heavy atom. The van der Waals surface area contributed by atoms with Gasteiger partial charge in [0.05, 0.1) is 16.9 Å². The molecule has 2 aromatic rings. The molecule has 0 atom stereocenters. The number of nitrogens with zero attached hydrogens (tertiary/aromatic N) is 2. The minimum absolute atomic E-state index is 0.0273. The zero-order chi connectivity index (χ0) is 24.6. The number of rotatable bonds is 12. The summed E-state index contributed by atoms with van der Waals surface area (Å²) in [4.78, 5) is 25.4. The van der Waals surface area contributed by atoms with Crippen LogP contribution in [0, 0.1) is 6.92 Å². The van der Waals surface area contributed by atoms with E-state index in [1.54, 1.807) is 32.1 Å². The van der Waals surface area contributed by atoms with Gasteiger partial charge in [0.15, 0.2) is 0 Å². The number of carbonyl (C=O) groups is 2. The lowest BCUT2D eigenvalue weighted by molar-refractivity contribution is 0.0693. The smallest absolute Gasteiger partial charge is 0.336 e. The Hall–Kier alpha value is -3.17. The van der Waals surface area contributed by atoms with Gasteiger partial charge < -0.3 is 15.1 Å². The molecule has 0 aliphatic rings. The van der Waals surface area contributed by atoms with E-state index in [-0.39, 0.29) is 35.5 Å². The highest BCUT2D eigenvalue weighted by Crippen LogP contribution is 2.23. The van der Waals surface area contributed by atoms with Crippen LogP contribution in [-0.4, -0.2) is 66.2 Å². The number of hydrogen-bond acceptors (Lipinski definition) is 5. The maximum atomic E-state index is 13.1. The minimum Gasteiger partial charge on any atom is -0.478 e. The van der Waals surface area contributed by atoms with Gasteiger partial charge in [0.25, 0.3) is 0 Å². The first-order chi connectivity index (χ1) is 15.5. The highest BCUT2D eigenvalue weighted by atomic mass is 32.2. The van der Waals surface area contributed by atoms with Crippen molar-refractivity contribution in [1.29, 1.82) is 0 Å². The Morgan fingerprint density at radius 3 is 2.09 bits per heavy atom. The van der Waals surface area contributed by atoms with Gasteiger partial charge in [0.2, 0.25) is 10.0 Å². The standard InChI is InChI=1S/C24H30N2O6S/c1-18-15-20(23(27)28)22(21(16-18)24(29)30)17-26(33(31,32)14-8-12-25(2)3)13-7-11-19-9-5-4-6-10-19/h4-6,8-10,12,15-16H,7,11,13-14,17H2,1-3H3,(H,27,28)(H,29,30). The molecule has 0 spiro atoms. The van der Waals surface area contributed by atoms with Gasteiger partial charge in [-0.1, -0.05) is 36.4 Å². The lowest BCUT2D eigenvalue weighted by Gasteiger charge is -2.24. The Kier molecular flexibility index (Phi) is 9.19. The molecule has 0 aliphatic carbocycles. The second kappa shape index (κ2) is 11.6. The molecule has 2 rings (SSSR count). The van der Waals surface area contributed by atoms with Gasteiger partial charge in [-0.05, 0) is 54.8 Å². The molecule has 0 aliphatic heterocycles. The first kappa shape index (κ1) is 26.1. The first-order valence-corrected chi connectivity index (χ1v) is 12.1. The highest BCUT2D eigenvalue weighted by molar-refractivity contribution is 7.89. The number of carboxylic acids is 2. The van der Waals surface area contributed by atoms with Gasteiger partial charge in [-0.25, -0.2) is 18.0 Å². The number of aromatic carboxylic acids is 2. The van der Waals surface area contributed by atoms with Crippen molar-refractivity contribution in [2.45, 2.75) is 26.3 Å². The number of benzene rings is 2. The van der Waals surface area contributed by atoms with Gasteiger partial charge in [-0.15, -0.1) is 0 Å². The van der Waals surface area contributed by atoms with Crippen LogP contribution in [0.3, 0.4) is 0 Å². The molecule has 0 bridgehead atoms. The third-order valence-corrected chi connectivity index (χ3v) is 6.72. The summed E-state index contributed by atoms with van der Waals surface area (Å²) >= 11 is 0. The summed E-state index contributed by atoms with van der Waals surface area (Å²) in [5, 5.41) is 19.3. The lowest BCUT2D eigenvalue weighted by Crippen LogP contribution is -2.34. The van der Waals surface area contributed by atoms with Gasteiger partial charge in [-0.3, -0.25) is 0 Å². The average Bonchev–Trinajstić information content (AvgIpc) is 2.73.